The lowest BCUT2D eigenvalue weighted by Crippen LogP contribution is -2.24. The molecule has 0 spiro atoms. The first-order valence-electron chi connectivity index (χ1n) is 13.3. The Labute approximate surface area is 220 Å². The van der Waals surface area contributed by atoms with Gasteiger partial charge in [0.15, 0.2) is 0 Å². The number of nitrogens with zero attached hydrogens (tertiary/aromatic N) is 2. The molecule has 5 heteroatoms. The molecule has 4 aromatic rings. The second-order valence-corrected chi connectivity index (χ2v) is 10.7. The minimum absolute atomic E-state index is 0.00135. The molecule has 4 rings (SSSR count). The fraction of sp³-hybridized carbons (Fsp3) is 0.375. The van der Waals surface area contributed by atoms with Gasteiger partial charge in [0, 0.05) is 18.5 Å². The van der Waals surface area contributed by atoms with Gasteiger partial charge in [0.25, 0.3) is 5.91 Å². The number of ether oxygens (including phenoxy) is 1. The maximum Gasteiger partial charge on any atom is 0.251 e. The number of aromatic nitrogens is 2. The number of hydrogen-bond acceptors (Lipinski definition) is 3. The first kappa shape index (κ1) is 26.5. The zero-order valence-corrected chi connectivity index (χ0v) is 22.6. The van der Waals surface area contributed by atoms with Crippen LogP contribution in [0.25, 0.3) is 11.0 Å². The maximum atomic E-state index is 12.3. The molecule has 0 saturated heterocycles. The van der Waals surface area contributed by atoms with Gasteiger partial charge < -0.3 is 14.6 Å². The maximum absolute atomic E-state index is 12.3. The van der Waals surface area contributed by atoms with Gasteiger partial charge in [-0.05, 0) is 67.1 Å². The van der Waals surface area contributed by atoms with Crippen LogP contribution in [0.4, 0.5) is 0 Å². The van der Waals surface area contributed by atoms with E-state index in [1.807, 2.05) is 37.3 Å². The Bertz CT molecular complexity index is 1320. The number of amides is 1. The number of rotatable bonds is 11. The zero-order chi connectivity index (χ0) is 26.3. The monoisotopic (exact) mass is 497 g/mol. The van der Waals surface area contributed by atoms with Crippen LogP contribution in [-0.2, 0) is 18.4 Å². The molecule has 0 saturated carbocycles. The third-order valence-electron chi connectivity index (χ3n) is 6.68. The summed E-state index contributed by atoms with van der Waals surface area (Å²) in [6, 6.07) is 24.4. The lowest BCUT2D eigenvalue weighted by atomic mass is 9.87. The highest BCUT2D eigenvalue weighted by molar-refractivity contribution is 5.94. The van der Waals surface area contributed by atoms with Gasteiger partial charge in [-0.15, -0.1) is 0 Å². The number of nitrogens with one attached hydrogen (secondary N) is 1. The first-order chi connectivity index (χ1) is 17.8. The number of carbonyl (C=O) groups excluding carboxylic acids is 1. The molecule has 0 fully saturated rings. The smallest absolute Gasteiger partial charge is 0.251 e. The van der Waals surface area contributed by atoms with Crippen molar-refractivity contribution in [3.05, 3.63) is 95.3 Å². The summed E-state index contributed by atoms with van der Waals surface area (Å²) in [4.78, 5) is 17.2. The van der Waals surface area contributed by atoms with Gasteiger partial charge in [-0.2, -0.15) is 0 Å². The van der Waals surface area contributed by atoms with Gasteiger partial charge in [-0.25, -0.2) is 4.98 Å². The highest BCUT2D eigenvalue weighted by atomic mass is 16.5. The summed E-state index contributed by atoms with van der Waals surface area (Å²) in [6.45, 7) is 10.7. The highest BCUT2D eigenvalue weighted by Gasteiger charge is 2.14. The van der Waals surface area contributed by atoms with Crippen LogP contribution in [0.3, 0.4) is 0 Å². The fourth-order valence-corrected chi connectivity index (χ4v) is 4.55. The number of carbonyl (C=O) groups is 1. The first-order valence-corrected chi connectivity index (χ1v) is 13.3. The number of hydrogen-bond donors (Lipinski definition) is 1. The van der Waals surface area contributed by atoms with Crippen LogP contribution in [0.1, 0.15) is 67.3 Å². The lowest BCUT2D eigenvalue weighted by Gasteiger charge is -2.19. The van der Waals surface area contributed by atoms with Crippen LogP contribution < -0.4 is 10.1 Å². The van der Waals surface area contributed by atoms with Crippen LogP contribution in [0.2, 0.25) is 0 Å². The van der Waals surface area contributed by atoms with Crippen molar-refractivity contribution in [1.29, 1.82) is 0 Å². The van der Waals surface area contributed by atoms with Crippen molar-refractivity contribution >= 4 is 16.9 Å². The third-order valence-corrected chi connectivity index (χ3v) is 6.68. The number of fused-ring (bicyclic) bond motifs is 1. The van der Waals surface area contributed by atoms with E-state index in [-0.39, 0.29) is 11.3 Å². The Kier molecular flexibility index (Phi) is 8.65. The normalized spacial score (nSPS) is 11.6. The van der Waals surface area contributed by atoms with Crippen molar-refractivity contribution in [3.63, 3.8) is 0 Å². The molecule has 1 N–H and O–H groups in total. The minimum Gasteiger partial charge on any atom is -0.492 e. The molecular formula is C32H39N3O2. The minimum atomic E-state index is -0.00135. The van der Waals surface area contributed by atoms with Gasteiger partial charge in [-0.1, -0.05) is 69.2 Å². The number of aryl methyl sites for hydroxylation is 2. The van der Waals surface area contributed by atoms with Crippen molar-refractivity contribution in [3.8, 4) is 5.75 Å². The second kappa shape index (κ2) is 12.1. The molecule has 3 aromatic carbocycles. The van der Waals surface area contributed by atoms with Gasteiger partial charge in [-0.3, -0.25) is 4.79 Å². The van der Waals surface area contributed by atoms with E-state index in [1.165, 1.54) is 5.56 Å². The topological polar surface area (TPSA) is 56.2 Å². The average molecular weight is 498 g/mol. The van der Waals surface area contributed by atoms with E-state index in [2.05, 4.69) is 73.1 Å². The van der Waals surface area contributed by atoms with E-state index in [4.69, 9.17) is 9.72 Å². The fourth-order valence-electron chi connectivity index (χ4n) is 4.55. The summed E-state index contributed by atoms with van der Waals surface area (Å²) in [5.41, 5.74) is 5.43. The Morgan fingerprint density at radius 2 is 1.73 bits per heavy atom. The van der Waals surface area contributed by atoms with E-state index >= 15 is 0 Å². The Morgan fingerprint density at radius 3 is 2.49 bits per heavy atom. The van der Waals surface area contributed by atoms with E-state index in [0.29, 0.717) is 13.2 Å². The number of benzene rings is 3. The standard InChI is InChI=1S/C32H39N3O2/c1-24-11-10-12-25(23-24)31(36)33-20-9-5-6-15-30-34-28-13-7-8-14-29(28)35(30)21-22-37-27-18-16-26(17-19-27)32(2,3)4/h7-8,10-14,16-19,23H,5-6,9,15,20-22H2,1-4H3,(H,33,36). The summed E-state index contributed by atoms with van der Waals surface area (Å²) in [6.07, 6.45) is 3.92. The van der Waals surface area contributed by atoms with Crippen molar-refractivity contribution in [2.24, 2.45) is 0 Å². The van der Waals surface area contributed by atoms with E-state index in [0.717, 1.165) is 66.0 Å². The van der Waals surface area contributed by atoms with Gasteiger partial charge in [0.05, 0.1) is 17.6 Å². The van der Waals surface area contributed by atoms with Crippen LogP contribution in [0.15, 0.2) is 72.8 Å². The van der Waals surface area contributed by atoms with Crippen molar-refractivity contribution in [2.75, 3.05) is 13.2 Å². The van der Waals surface area contributed by atoms with Crippen molar-refractivity contribution < 1.29 is 9.53 Å². The van der Waals surface area contributed by atoms with E-state index in [1.54, 1.807) is 0 Å². The Morgan fingerprint density at radius 1 is 0.946 bits per heavy atom. The second-order valence-electron chi connectivity index (χ2n) is 10.7. The predicted molar refractivity (Wildman–Crippen MR) is 151 cm³/mol. The molecule has 1 heterocycles. The van der Waals surface area contributed by atoms with Crippen LogP contribution >= 0.6 is 0 Å². The predicted octanol–water partition coefficient (Wildman–Crippen LogP) is 6.86. The number of unbranched alkanes of at least 4 members (excludes halogenated alkanes) is 2. The van der Waals surface area contributed by atoms with Crippen LogP contribution in [0, 0.1) is 6.92 Å². The summed E-state index contributed by atoms with van der Waals surface area (Å²) in [7, 11) is 0. The molecule has 1 amide bonds. The Balaban J connectivity index is 1.27. The number of para-hydroxylation sites is 2. The molecule has 0 aliphatic rings. The van der Waals surface area contributed by atoms with Crippen molar-refractivity contribution in [2.45, 2.75) is 65.3 Å². The number of imidazole rings is 1. The summed E-state index contributed by atoms with van der Waals surface area (Å²) >= 11 is 0. The summed E-state index contributed by atoms with van der Waals surface area (Å²) < 4.78 is 8.38. The molecule has 0 atom stereocenters. The molecule has 37 heavy (non-hydrogen) atoms. The molecule has 0 bridgehead atoms. The third kappa shape index (κ3) is 7.22. The van der Waals surface area contributed by atoms with E-state index in [9.17, 15) is 4.79 Å². The SMILES string of the molecule is Cc1cccc(C(=O)NCCCCCc2nc3ccccc3n2CCOc2ccc(C(C)(C)C)cc2)c1. The molecule has 0 radical (unpaired) electrons. The molecule has 5 nitrogen and oxygen atoms in total. The molecule has 0 unspecified atom stereocenters. The lowest BCUT2D eigenvalue weighted by molar-refractivity contribution is 0.0953. The molecular weight excluding hydrogens is 458 g/mol. The van der Waals surface area contributed by atoms with E-state index < -0.39 is 0 Å². The van der Waals surface area contributed by atoms with Gasteiger partial charge >= 0.3 is 0 Å². The van der Waals surface area contributed by atoms with Crippen LogP contribution in [-0.4, -0.2) is 28.6 Å². The molecule has 0 aliphatic heterocycles. The van der Waals surface area contributed by atoms with Gasteiger partial charge in [0.1, 0.15) is 18.2 Å². The Hall–Kier alpha value is -3.60. The quantitative estimate of drug-likeness (QED) is 0.230. The van der Waals surface area contributed by atoms with Crippen molar-refractivity contribution in [1.82, 2.24) is 14.9 Å². The summed E-state index contributed by atoms with van der Waals surface area (Å²) in [5, 5.41) is 3.04. The zero-order valence-electron chi connectivity index (χ0n) is 22.6. The largest absolute Gasteiger partial charge is 0.492 e. The molecule has 1 aromatic heterocycles. The molecule has 0 aliphatic carbocycles. The van der Waals surface area contributed by atoms with Gasteiger partial charge in [0.2, 0.25) is 0 Å². The highest BCUT2D eigenvalue weighted by Crippen LogP contribution is 2.24. The average Bonchev–Trinajstić information content (AvgIpc) is 3.23. The van der Waals surface area contributed by atoms with Crippen LogP contribution in [0.5, 0.6) is 5.75 Å². The summed E-state index contributed by atoms with van der Waals surface area (Å²) in [5.74, 6) is 1.99. The molecule has 194 valence electrons.